The van der Waals surface area contributed by atoms with Crippen molar-refractivity contribution in [2.45, 2.75) is 44.8 Å². The molecular weight excluding hydrogens is 308 g/mol. The van der Waals surface area contributed by atoms with Gasteiger partial charge in [-0.05, 0) is 63.1 Å². The first-order chi connectivity index (χ1) is 10.3. The van der Waals surface area contributed by atoms with Crippen molar-refractivity contribution in [3.05, 3.63) is 35.4 Å². The Balaban J connectivity index is 1.94. The normalized spacial score (nSPS) is 20.5. The lowest BCUT2D eigenvalue weighted by Crippen LogP contribution is -2.43. The van der Waals surface area contributed by atoms with Gasteiger partial charge < -0.3 is 0 Å². The molecule has 1 aromatic carbocycles. The number of hydrogen-bond donors (Lipinski definition) is 0. The molecule has 0 amide bonds. The first-order valence-corrected chi connectivity index (χ1v) is 9.24. The predicted molar refractivity (Wildman–Crippen MR) is 83.0 cm³/mol. The molecule has 1 aliphatic heterocycles. The molecule has 1 aliphatic rings. The molecule has 0 aromatic heterocycles. The molecule has 6 heteroatoms. The van der Waals surface area contributed by atoms with Crippen molar-refractivity contribution in [2.75, 3.05) is 13.1 Å². The standard InChI is InChI=1S/C16H23F2NO2S/c1-12(2)22(20,21)19-9-3-4-14(11-19)6-5-13-7-8-15(17)16(18)10-13/h7-8,10,12,14H,3-6,9,11H2,1-2H3. The summed E-state index contributed by atoms with van der Waals surface area (Å²) in [7, 11) is -3.20. The van der Waals surface area contributed by atoms with Crippen molar-refractivity contribution < 1.29 is 17.2 Å². The van der Waals surface area contributed by atoms with E-state index in [1.165, 1.54) is 6.07 Å². The van der Waals surface area contributed by atoms with Crippen LogP contribution in [0.2, 0.25) is 0 Å². The van der Waals surface area contributed by atoms with Crippen LogP contribution in [0.5, 0.6) is 0 Å². The quantitative estimate of drug-likeness (QED) is 0.830. The van der Waals surface area contributed by atoms with E-state index in [0.29, 0.717) is 19.5 Å². The highest BCUT2D eigenvalue weighted by Gasteiger charge is 2.30. The Bertz CT molecular complexity index is 617. The van der Waals surface area contributed by atoms with Gasteiger partial charge in [0, 0.05) is 13.1 Å². The maximum atomic E-state index is 13.2. The summed E-state index contributed by atoms with van der Waals surface area (Å²) in [6, 6.07) is 3.95. The zero-order valence-electron chi connectivity index (χ0n) is 13.1. The van der Waals surface area contributed by atoms with Gasteiger partial charge in [-0.25, -0.2) is 21.5 Å². The van der Waals surface area contributed by atoms with Gasteiger partial charge in [-0.15, -0.1) is 0 Å². The Morgan fingerprint density at radius 3 is 2.64 bits per heavy atom. The van der Waals surface area contributed by atoms with Gasteiger partial charge in [0.15, 0.2) is 11.6 Å². The van der Waals surface area contributed by atoms with Gasteiger partial charge in [-0.1, -0.05) is 6.07 Å². The van der Waals surface area contributed by atoms with Crippen LogP contribution in [0.3, 0.4) is 0 Å². The van der Waals surface area contributed by atoms with E-state index in [4.69, 9.17) is 0 Å². The number of rotatable bonds is 5. The van der Waals surface area contributed by atoms with Gasteiger partial charge in [-0.2, -0.15) is 0 Å². The lowest BCUT2D eigenvalue weighted by Gasteiger charge is -2.33. The van der Waals surface area contributed by atoms with E-state index >= 15 is 0 Å². The van der Waals surface area contributed by atoms with E-state index in [9.17, 15) is 17.2 Å². The summed E-state index contributed by atoms with van der Waals surface area (Å²) < 4.78 is 52.1. The van der Waals surface area contributed by atoms with Crippen LogP contribution in [-0.4, -0.2) is 31.1 Å². The number of nitrogens with zero attached hydrogens (tertiary/aromatic N) is 1. The molecule has 0 spiro atoms. The fraction of sp³-hybridized carbons (Fsp3) is 0.625. The molecule has 1 heterocycles. The predicted octanol–water partition coefficient (Wildman–Crippen LogP) is 3.35. The second-order valence-electron chi connectivity index (χ2n) is 6.25. The maximum absolute atomic E-state index is 13.2. The highest BCUT2D eigenvalue weighted by atomic mass is 32.2. The largest absolute Gasteiger partial charge is 0.216 e. The van der Waals surface area contributed by atoms with Crippen LogP contribution >= 0.6 is 0 Å². The number of hydrogen-bond acceptors (Lipinski definition) is 2. The molecule has 1 saturated heterocycles. The van der Waals surface area contributed by atoms with E-state index in [2.05, 4.69) is 0 Å². The second-order valence-corrected chi connectivity index (χ2v) is 8.74. The van der Waals surface area contributed by atoms with Gasteiger partial charge in [0.1, 0.15) is 0 Å². The fourth-order valence-corrected chi connectivity index (χ4v) is 4.26. The minimum absolute atomic E-state index is 0.274. The minimum Gasteiger partial charge on any atom is -0.212 e. The third-order valence-corrected chi connectivity index (χ3v) is 6.51. The number of benzene rings is 1. The first-order valence-electron chi connectivity index (χ1n) is 7.73. The van der Waals surface area contributed by atoms with E-state index < -0.39 is 26.9 Å². The summed E-state index contributed by atoms with van der Waals surface area (Å²) in [5, 5.41) is -0.405. The summed E-state index contributed by atoms with van der Waals surface area (Å²) in [6.07, 6.45) is 3.26. The number of piperidine rings is 1. The number of halogens is 2. The molecule has 2 rings (SSSR count). The SMILES string of the molecule is CC(C)S(=O)(=O)N1CCCC(CCc2ccc(F)c(F)c2)C1. The van der Waals surface area contributed by atoms with Crippen LogP contribution < -0.4 is 0 Å². The Morgan fingerprint density at radius 2 is 2.00 bits per heavy atom. The molecule has 22 heavy (non-hydrogen) atoms. The van der Waals surface area contributed by atoms with Crippen LogP contribution in [0.25, 0.3) is 0 Å². The molecular formula is C16H23F2NO2S. The molecule has 0 bridgehead atoms. The number of sulfonamides is 1. The van der Waals surface area contributed by atoms with Crippen molar-refractivity contribution in [1.29, 1.82) is 0 Å². The van der Waals surface area contributed by atoms with Gasteiger partial charge in [-0.3, -0.25) is 0 Å². The van der Waals surface area contributed by atoms with Crippen molar-refractivity contribution in [3.63, 3.8) is 0 Å². The summed E-state index contributed by atoms with van der Waals surface area (Å²) in [4.78, 5) is 0. The Hall–Kier alpha value is -1.01. The Morgan fingerprint density at radius 1 is 1.27 bits per heavy atom. The molecule has 3 nitrogen and oxygen atoms in total. The highest BCUT2D eigenvalue weighted by Crippen LogP contribution is 2.25. The van der Waals surface area contributed by atoms with E-state index in [-0.39, 0.29) is 5.92 Å². The third-order valence-electron chi connectivity index (χ3n) is 4.26. The lowest BCUT2D eigenvalue weighted by atomic mass is 9.93. The van der Waals surface area contributed by atoms with Crippen LogP contribution in [0.1, 0.15) is 38.7 Å². The molecule has 1 fully saturated rings. The molecule has 0 radical (unpaired) electrons. The smallest absolute Gasteiger partial charge is 0.212 e. The van der Waals surface area contributed by atoms with Crippen molar-refractivity contribution in [1.82, 2.24) is 4.31 Å². The molecule has 0 N–H and O–H groups in total. The molecule has 0 aliphatic carbocycles. The highest BCUT2D eigenvalue weighted by molar-refractivity contribution is 7.89. The molecule has 1 atom stereocenters. The third kappa shape index (κ3) is 4.04. The first kappa shape index (κ1) is 17.3. The molecule has 1 unspecified atom stereocenters. The van der Waals surface area contributed by atoms with E-state index in [0.717, 1.165) is 30.9 Å². The fourth-order valence-electron chi connectivity index (χ4n) is 2.86. The van der Waals surface area contributed by atoms with Gasteiger partial charge in [0.25, 0.3) is 0 Å². The average molecular weight is 331 g/mol. The zero-order chi connectivity index (χ0) is 16.3. The maximum Gasteiger partial charge on any atom is 0.216 e. The van der Waals surface area contributed by atoms with Gasteiger partial charge >= 0.3 is 0 Å². The van der Waals surface area contributed by atoms with E-state index in [1.54, 1.807) is 24.2 Å². The monoisotopic (exact) mass is 331 g/mol. The molecule has 1 aromatic rings. The Labute approximate surface area is 131 Å². The summed E-state index contributed by atoms with van der Waals surface area (Å²) in [6.45, 7) is 4.51. The number of aryl methyl sites for hydroxylation is 1. The van der Waals surface area contributed by atoms with Gasteiger partial charge in [0.05, 0.1) is 5.25 Å². The summed E-state index contributed by atoms with van der Waals surface area (Å²) in [5.41, 5.74) is 0.753. The van der Waals surface area contributed by atoms with Crippen LogP contribution in [0, 0.1) is 17.6 Å². The van der Waals surface area contributed by atoms with Crippen molar-refractivity contribution in [2.24, 2.45) is 5.92 Å². The summed E-state index contributed by atoms with van der Waals surface area (Å²) in [5.74, 6) is -1.39. The second kappa shape index (κ2) is 7.04. The lowest BCUT2D eigenvalue weighted by molar-refractivity contribution is 0.254. The van der Waals surface area contributed by atoms with Gasteiger partial charge in [0.2, 0.25) is 10.0 Å². The van der Waals surface area contributed by atoms with Crippen LogP contribution in [0.4, 0.5) is 8.78 Å². The van der Waals surface area contributed by atoms with Crippen LogP contribution in [-0.2, 0) is 16.4 Å². The Kier molecular flexibility index (Phi) is 5.55. The molecule has 124 valence electrons. The van der Waals surface area contributed by atoms with Crippen molar-refractivity contribution >= 4 is 10.0 Å². The zero-order valence-corrected chi connectivity index (χ0v) is 13.9. The summed E-state index contributed by atoms with van der Waals surface area (Å²) >= 11 is 0. The molecule has 0 saturated carbocycles. The minimum atomic E-state index is -3.20. The van der Waals surface area contributed by atoms with Crippen LogP contribution in [0.15, 0.2) is 18.2 Å². The van der Waals surface area contributed by atoms with Crippen molar-refractivity contribution in [3.8, 4) is 0 Å². The average Bonchev–Trinajstić information content (AvgIpc) is 2.48. The van der Waals surface area contributed by atoms with E-state index in [1.807, 2.05) is 0 Å². The topological polar surface area (TPSA) is 37.4 Å².